The number of ether oxygens (including phenoxy) is 1. The number of halogens is 1. The maximum absolute atomic E-state index is 13.2. The minimum Gasteiger partial charge on any atom is -0.496 e. The molecule has 30 heavy (non-hydrogen) atoms. The van der Waals surface area contributed by atoms with Crippen LogP contribution < -0.4 is 4.74 Å². The van der Waals surface area contributed by atoms with Crippen molar-refractivity contribution in [3.05, 3.63) is 65.5 Å². The predicted molar refractivity (Wildman–Crippen MR) is 112 cm³/mol. The topological polar surface area (TPSA) is 49.9 Å². The number of carbonyl (C=O) groups excluding carboxylic acids is 2. The Morgan fingerprint density at radius 1 is 1.13 bits per heavy atom. The summed E-state index contributed by atoms with van der Waals surface area (Å²) in [6.45, 7) is 1.90. The van der Waals surface area contributed by atoms with Gasteiger partial charge in [0.15, 0.2) is 0 Å². The number of rotatable bonds is 5. The van der Waals surface area contributed by atoms with Crippen molar-refractivity contribution in [2.24, 2.45) is 5.92 Å². The summed E-state index contributed by atoms with van der Waals surface area (Å²) in [5, 5.41) is 0. The lowest BCUT2D eigenvalue weighted by molar-refractivity contribution is -0.140. The third-order valence-corrected chi connectivity index (χ3v) is 6.34. The summed E-state index contributed by atoms with van der Waals surface area (Å²) in [5.74, 6) is 0.911. The molecule has 2 fully saturated rings. The number of benzene rings is 2. The SMILES string of the molecule is COc1ccccc1CCN1C(=O)CC[C@@H]2CN(C(=O)c3ccc(F)cc3)CC[C@@H]21. The molecule has 0 unspecified atom stereocenters. The zero-order chi connectivity index (χ0) is 21.1. The zero-order valence-electron chi connectivity index (χ0n) is 17.2. The highest BCUT2D eigenvalue weighted by Gasteiger charge is 2.40. The summed E-state index contributed by atoms with van der Waals surface area (Å²) in [5.41, 5.74) is 1.61. The Bertz CT molecular complexity index is 915. The predicted octanol–water partition coefficient (Wildman–Crippen LogP) is 3.53. The third-order valence-electron chi connectivity index (χ3n) is 6.34. The summed E-state index contributed by atoms with van der Waals surface area (Å²) >= 11 is 0. The summed E-state index contributed by atoms with van der Waals surface area (Å²) in [4.78, 5) is 29.4. The van der Waals surface area contributed by atoms with Gasteiger partial charge in [-0.3, -0.25) is 9.59 Å². The molecule has 0 saturated carbocycles. The van der Waals surface area contributed by atoms with E-state index in [1.807, 2.05) is 34.1 Å². The van der Waals surface area contributed by atoms with Gasteiger partial charge in [0, 0.05) is 37.7 Å². The first kappa shape index (κ1) is 20.4. The Labute approximate surface area is 176 Å². The molecule has 5 nitrogen and oxygen atoms in total. The highest BCUT2D eigenvalue weighted by Crippen LogP contribution is 2.32. The van der Waals surface area contributed by atoms with E-state index in [1.165, 1.54) is 24.3 Å². The van der Waals surface area contributed by atoms with Crippen LogP contribution in [0, 0.1) is 11.7 Å². The van der Waals surface area contributed by atoms with Gasteiger partial charge < -0.3 is 14.5 Å². The van der Waals surface area contributed by atoms with E-state index in [1.54, 1.807) is 7.11 Å². The molecule has 6 heteroatoms. The van der Waals surface area contributed by atoms with Crippen LogP contribution in [0.4, 0.5) is 4.39 Å². The largest absolute Gasteiger partial charge is 0.496 e. The van der Waals surface area contributed by atoms with Crippen molar-refractivity contribution in [2.75, 3.05) is 26.7 Å². The van der Waals surface area contributed by atoms with Crippen LogP contribution in [0.25, 0.3) is 0 Å². The van der Waals surface area contributed by atoms with E-state index in [9.17, 15) is 14.0 Å². The Morgan fingerprint density at radius 3 is 2.67 bits per heavy atom. The van der Waals surface area contributed by atoms with Crippen molar-refractivity contribution in [3.8, 4) is 5.75 Å². The van der Waals surface area contributed by atoms with Gasteiger partial charge in [-0.15, -0.1) is 0 Å². The number of likely N-dealkylation sites (tertiary alicyclic amines) is 2. The normalized spacial score (nSPS) is 21.3. The van der Waals surface area contributed by atoms with Gasteiger partial charge in [0.25, 0.3) is 5.91 Å². The van der Waals surface area contributed by atoms with Crippen molar-refractivity contribution < 1.29 is 18.7 Å². The van der Waals surface area contributed by atoms with E-state index in [0.717, 1.165) is 30.6 Å². The van der Waals surface area contributed by atoms with Gasteiger partial charge in [-0.2, -0.15) is 0 Å². The molecule has 2 aliphatic heterocycles. The molecule has 0 radical (unpaired) electrons. The average Bonchev–Trinajstić information content (AvgIpc) is 2.78. The molecule has 4 rings (SSSR count). The monoisotopic (exact) mass is 410 g/mol. The van der Waals surface area contributed by atoms with Gasteiger partial charge in [-0.05, 0) is 61.1 Å². The second-order valence-electron chi connectivity index (χ2n) is 8.06. The number of hydrogen-bond donors (Lipinski definition) is 0. The lowest BCUT2D eigenvalue weighted by Gasteiger charge is -2.47. The lowest BCUT2D eigenvalue weighted by Crippen LogP contribution is -2.57. The van der Waals surface area contributed by atoms with Crippen LogP contribution in [-0.4, -0.2) is 54.4 Å². The number of nitrogens with zero attached hydrogens (tertiary/aromatic N) is 2. The van der Waals surface area contributed by atoms with Crippen molar-refractivity contribution in [2.45, 2.75) is 31.7 Å². The summed E-state index contributed by atoms with van der Waals surface area (Å²) < 4.78 is 18.6. The van der Waals surface area contributed by atoms with Gasteiger partial charge in [0.1, 0.15) is 11.6 Å². The minimum atomic E-state index is -0.346. The van der Waals surface area contributed by atoms with Crippen LogP contribution >= 0.6 is 0 Å². The van der Waals surface area contributed by atoms with E-state index in [-0.39, 0.29) is 29.6 Å². The Kier molecular flexibility index (Phi) is 6.02. The maximum atomic E-state index is 13.2. The van der Waals surface area contributed by atoms with Gasteiger partial charge in [-0.25, -0.2) is 4.39 Å². The highest BCUT2D eigenvalue weighted by molar-refractivity contribution is 5.94. The van der Waals surface area contributed by atoms with Gasteiger partial charge in [0.05, 0.1) is 7.11 Å². The molecule has 158 valence electrons. The third kappa shape index (κ3) is 4.18. The maximum Gasteiger partial charge on any atom is 0.253 e. The molecule has 2 heterocycles. The fraction of sp³-hybridized carbons (Fsp3) is 0.417. The highest BCUT2D eigenvalue weighted by atomic mass is 19.1. The van der Waals surface area contributed by atoms with Gasteiger partial charge in [0.2, 0.25) is 5.91 Å². The smallest absolute Gasteiger partial charge is 0.253 e. The first-order valence-electron chi connectivity index (χ1n) is 10.5. The molecular weight excluding hydrogens is 383 g/mol. The molecule has 2 aliphatic rings. The number of hydrogen-bond acceptors (Lipinski definition) is 3. The number of para-hydroxylation sites is 1. The summed E-state index contributed by atoms with van der Waals surface area (Å²) in [6.07, 6.45) is 2.85. The van der Waals surface area contributed by atoms with Crippen LogP contribution in [0.15, 0.2) is 48.5 Å². The van der Waals surface area contributed by atoms with Crippen molar-refractivity contribution in [3.63, 3.8) is 0 Å². The fourth-order valence-electron chi connectivity index (χ4n) is 4.75. The van der Waals surface area contributed by atoms with E-state index in [2.05, 4.69) is 0 Å². The lowest BCUT2D eigenvalue weighted by atomic mass is 9.83. The number of piperidine rings is 2. The molecule has 2 saturated heterocycles. The molecule has 2 amide bonds. The number of amides is 2. The first-order valence-corrected chi connectivity index (χ1v) is 10.5. The van der Waals surface area contributed by atoms with Crippen LogP contribution in [0.5, 0.6) is 5.75 Å². The number of carbonyl (C=O) groups is 2. The number of methoxy groups -OCH3 is 1. The second-order valence-corrected chi connectivity index (χ2v) is 8.06. The molecule has 0 N–H and O–H groups in total. The second kappa shape index (κ2) is 8.86. The molecule has 2 aromatic carbocycles. The average molecular weight is 410 g/mol. The molecule has 0 bridgehead atoms. The number of fused-ring (bicyclic) bond motifs is 1. The van der Waals surface area contributed by atoms with Crippen LogP contribution in [0.3, 0.4) is 0 Å². The van der Waals surface area contributed by atoms with Crippen molar-refractivity contribution >= 4 is 11.8 Å². The standard InChI is InChI=1S/C24H27FN2O3/c1-30-22-5-3-2-4-17(22)12-15-27-21-13-14-26(16-19(21)8-11-23(27)28)24(29)18-6-9-20(25)10-7-18/h2-7,9-10,19,21H,8,11-16H2,1H3/t19-,21+/m1/s1. The summed E-state index contributed by atoms with van der Waals surface area (Å²) in [6, 6.07) is 13.8. The Balaban J connectivity index is 1.42. The van der Waals surface area contributed by atoms with Gasteiger partial charge >= 0.3 is 0 Å². The van der Waals surface area contributed by atoms with Crippen molar-refractivity contribution in [1.29, 1.82) is 0 Å². The molecule has 0 aliphatic carbocycles. The molecule has 0 spiro atoms. The minimum absolute atomic E-state index is 0.0640. The van der Waals surface area contributed by atoms with Crippen LogP contribution in [0.1, 0.15) is 35.2 Å². The van der Waals surface area contributed by atoms with E-state index >= 15 is 0 Å². The molecule has 2 atom stereocenters. The van der Waals surface area contributed by atoms with E-state index in [4.69, 9.17) is 4.74 Å². The molecule has 2 aromatic rings. The fourth-order valence-corrected chi connectivity index (χ4v) is 4.75. The summed E-state index contributed by atoms with van der Waals surface area (Å²) in [7, 11) is 1.66. The Hall–Kier alpha value is -2.89. The first-order chi connectivity index (χ1) is 14.6. The van der Waals surface area contributed by atoms with E-state index in [0.29, 0.717) is 31.6 Å². The van der Waals surface area contributed by atoms with Crippen LogP contribution in [0.2, 0.25) is 0 Å². The Morgan fingerprint density at radius 2 is 1.90 bits per heavy atom. The van der Waals surface area contributed by atoms with Crippen molar-refractivity contribution in [1.82, 2.24) is 9.80 Å². The van der Waals surface area contributed by atoms with Crippen LogP contribution in [-0.2, 0) is 11.2 Å². The molecule has 0 aromatic heterocycles. The van der Waals surface area contributed by atoms with Gasteiger partial charge in [-0.1, -0.05) is 18.2 Å². The zero-order valence-corrected chi connectivity index (χ0v) is 17.2. The van der Waals surface area contributed by atoms with E-state index < -0.39 is 0 Å². The molecular formula is C24H27FN2O3. The quantitative estimate of drug-likeness (QED) is 0.758.